The van der Waals surface area contributed by atoms with E-state index in [2.05, 4.69) is 0 Å². The van der Waals surface area contributed by atoms with Crippen molar-refractivity contribution in [1.82, 2.24) is 0 Å². The van der Waals surface area contributed by atoms with Crippen LogP contribution in [0.15, 0.2) is 46.9 Å². The first-order valence-corrected chi connectivity index (χ1v) is 7.82. The minimum atomic E-state index is -0.433. The molecular weight excluding hydrogens is 288 g/mol. The number of benzene rings is 2. The molecule has 1 heterocycles. The molecule has 0 bridgehead atoms. The van der Waals surface area contributed by atoms with Crippen LogP contribution in [0.2, 0.25) is 0 Å². The Morgan fingerprint density at radius 2 is 2.00 bits per heavy atom. The number of furan rings is 1. The molecule has 0 aliphatic heterocycles. The largest absolute Gasteiger partial charge is 0.460 e. The van der Waals surface area contributed by atoms with Crippen LogP contribution in [0.5, 0.6) is 0 Å². The summed E-state index contributed by atoms with van der Waals surface area (Å²) in [5, 5.41) is 0.927. The Morgan fingerprint density at radius 3 is 2.70 bits per heavy atom. The number of carbonyl (C=O) groups excluding carboxylic acids is 1. The molecular formula is C19H18N2O2. The van der Waals surface area contributed by atoms with Gasteiger partial charge in [-0.1, -0.05) is 18.2 Å². The fourth-order valence-corrected chi connectivity index (χ4v) is 2.96. The van der Waals surface area contributed by atoms with Gasteiger partial charge >= 0.3 is 0 Å². The predicted octanol–water partition coefficient (Wildman–Crippen LogP) is 3.53. The fraction of sp³-hybridized carbons (Fsp3) is 0.211. The molecule has 0 spiro atoms. The molecule has 1 saturated carbocycles. The monoisotopic (exact) mass is 306 g/mol. The summed E-state index contributed by atoms with van der Waals surface area (Å²) < 4.78 is 6.10. The molecule has 1 amide bonds. The van der Waals surface area contributed by atoms with Gasteiger partial charge in [0.2, 0.25) is 5.91 Å². The van der Waals surface area contributed by atoms with E-state index in [1.165, 1.54) is 12.8 Å². The standard InChI is InChI=1S/C19H18N2O2/c20-10-11-2-1-3-13(6-11)16-8-15(19(21)22)7-14-9-17(12-4-5-12)23-18(14)16/h1-3,6-9,12H,4-5,10,20H2,(H2,21,22). The summed E-state index contributed by atoms with van der Waals surface area (Å²) in [6.07, 6.45) is 2.33. The van der Waals surface area contributed by atoms with Crippen LogP contribution in [0.25, 0.3) is 22.1 Å². The van der Waals surface area contributed by atoms with Gasteiger partial charge in [-0.25, -0.2) is 0 Å². The lowest BCUT2D eigenvalue weighted by atomic mass is 9.98. The van der Waals surface area contributed by atoms with Gasteiger partial charge in [-0.3, -0.25) is 4.79 Å². The smallest absolute Gasteiger partial charge is 0.248 e. The topological polar surface area (TPSA) is 82.2 Å². The summed E-state index contributed by atoms with van der Waals surface area (Å²) in [4.78, 5) is 11.7. The zero-order chi connectivity index (χ0) is 16.0. The third kappa shape index (κ3) is 2.51. The number of nitrogens with two attached hydrogens (primary N) is 2. The highest BCUT2D eigenvalue weighted by molar-refractivity contribution is 6.02. The van der Waals surface area contributed by atoms with Gasteiger partial charge in [0.05, 0.1) is 0 Å². The highest BCUT2D eigenvalue weighted by Gasteiger charge is 2.28. The lowest BCUT2D eigenvalue weighted by Crippen LogP contribution is -2.10. The highest BCUT2D eigenvalue weighted by atomic mass is 16.3. The Bertz CT molecular complexity index is 907. The van der Waals surface area contributed by atoms with Crippen LogP contribution in [0.4, 0.5) is 0 Å². The van der Waals surface area contributed by atoms with E-state index < -0.39 is 5.91 Å². The molecule has 1 aliphatic rings. The third-order valence-corrected chi connectivity index (χ3v) is 4.37. The van der Waals surface area contributed by atoms with Gasteiger partial charge in [0, 0.05) is 29.0 Å². The minimum Gasteiger partial charge on any atom is -0.460 e. The van der Waals surface area contributed by atoms with Crippen molar-refractivity contribution in [3.05, 3.63) is 59.4 Å². The van der Waals surface area contributed by atoms with Gasteiger partial charge in [0.25, 0.3) is 0 Å². The van der Waals surface area contributed by atoms with Gasteiger partial charge < -0.3 is 15.9 Å². The first-order valence-electron chi connectivity index (χ1n) is 7.82. The Hall–Kier alpha value is -2.59. The fourth-order valence-electron chi connectivity index (χ4n) is 2.96. The number of hydrogen-bond donors (Lipinski definition) is 2. The van der Waals surface area contributed by atoms with Crippen LogP contribution >= 0.6 is 0 Å². The van der Waals surface area contributed by atoms with E-state index in [1.54, 1.807) is 6.07 Å². The maximum atomic E-state index is 11.7. The van der Waals surface area contributed by atoms with Gasteiger partial charge in [-0.05, 0) is 48.2 Å². The molecule has 1 fully saturated rings. The number of amides is 1. The molecule has 1 aromatic heterocycles. The van der Waals surface area contributed by atoms with Crippen molar-refractivity contribution in [1.29, 1.82) is 0 Å². The van der Waals surface area contributed by atoms with Crippen molar-refractivity contribution < 1.29 is 9.21 Å². The number of hydrogen-bond acceptors (Lipinski definition) is 3. The highest BCUT2D eigenvalue weighted by Crippen LogP contribution is 2.44. The SMILES string of the molecule is NCc1cccc(-c2cc(C(N)=O)cc3cc(C4CC4)oc23)c1. The molecule has 4 heteroatoms. The lowest BCUT2D eigenvalue weighted by molar-refractivity contribution is 0.100. The second-order valence-corrected chi connectivity index (χ2v) is 6.13. The zero-order valence-electron chi connectivity index (χ0n) is 12.7. The van der Waals surface area contributed by atoms with Crippen molar-refractivity contribution >= 4 is 16.9 Å². The van der Waals surface area contributed by atoms with E-state index in [4.69, 9.17) is 15.9 Å². The van der Waals surface area contributed by atoms with E-state index in [0.29, 0.717) is 18.0 Å². The second kappa shape index (κ2) is 5.25. The zero-order valence-corrected chi connectivity index (χ0v) is 12.7. The maximum absolute atomic E-state index is 11.7. The summed E-state index contributed by atoms with van der Waals surface area (Å²) in [6, 6.07) is 13.6. The molecule has 0 atom stereocenters. The summed E-state index contributed by atoms with van der Waals surface area (Å²) in [7, 11) is 0. The van der Waals surface area contributed by atoms with Crippen LogP contribution in [0, 0.1) is 0 Å². The summed E-state index contributed by atoms with van der Waals surface area (Å²) in [5.74, 6) is 1.08. The number of rotatable bonds is 4. The van der Waals surface area contributed by atoms with E-state index in [1.807, 2.05) is 36.4 Å². The molecule has 0 unspecified atom stereocenters. The molecule has 23 heavy (non-hydrogen) atoms. The van der Waals surface area contributed by atoms with Crippen LogP contribution < -0.4 is 11.5 Å². The van der Waals surface area contributed by atoms with Crippen molar-refractivity contribution in [2.24, 2.45) is 11.5 Å². The van der Waals surface area contributed by atoms with E-state index >= 15 is 0 Å². The summed E-state index contributed by atoms with van der Waals surface area (Å²) in [5.41, 5.74) is 15.5. The second-order valence-electron chi connectivity index (χ2n) is 6.13. The Morgan fingerprint density at radius 1 is 1.17 bits per heavy atom. The molecule has 4 nitrogen and oxygen atoms in total. The molecule has 0 radical (unpaired) electrons. The normalized spacial score (nSPS) is 14.3. The summed E-state index contributed by atoms with van der Waals surface area (Å²) in [6.45, 7) is 0.470. The Labute approximate surface area is 134 Å². The Balaban J connectivity index is 1.96. The average Bonchev–Trinajstić information content (AvgIpc) is 3.33. The van der Waals surface area contributed by atoms with Crippen molar-refractivity contribution in [3.8, 4) is 11.1 Å². The summed E-state index contributed by atoms with van der Waals surface area (Å²) >= 11 is 0. The van der Waals surface area contributed by atoms with Crippen molar-refractivity contribution in [3.63, 3.8) is 0 Å². The molecule has 3 aromatic rings. The lowest BCUT2D eigenvalue weighted by Gasteiger charge is -2.07. The van der Waals surface area contributed by atoms with Crippen molar-refractivity contribution in [2.45, 2.75) is 25.3 Å². The van der Waals surface area contributed by atoms with Gasteiger partial charge in [0.1, 0.15) is 11.3 Å². The van der Waals surface area contributed by atoms with Gasteiger partial charge in [0.15, 0.2) is 0 Å². The molecule has 0 saturated heterocycles. The molecule has 2 aromatic carbocycles. The quantitative estimate of drug-likeness (QED) is 0.773. The molecule has 4 rings (SSSR count). The average molecular weight is 306 g/mol. The van der Waals surface area contributed by atoms with Crippen molar-refractivity contribution in [2.75, 3.05) is 0 Å². The predicted molar refractivity (Wildman–Crippen MR) is 90.0 cm³/mol. The van der Waals surface area contributed by atoms with Crippen LogP contribution in [0.1, 0.15) is 40.4 Å². The minimum absolute atomic E-state index is 0.433. The number of carbonyl (C=O) groups is 1. The van der Waals surface area contributed by atoms with Gasteiger partial charge in [-0.2, -0.15) is 0 Å². The Kier molecular flexibility index (Phi) is 3.20. The molecule has 116 valence electrons. The van der Waals surface area contributed by atoms with E-state index in [0.717, 1.165) is 33.4 Å². The van der Waals surface area contributed by atoms with E-state index in [9.17, 15) is 4.79 Å². The van der Waals surface area contributed by atoms with Crippen LogP contribution in [-0.4, -0.2) is 5.91 Å². The number of primary amides is 1. The van der Waals surface area contributed by atoms with Crippen LogP contribution in [0.3, 0.4) is 0 Å². The van der Waals surface area contributed by atoms with Crippen LogP contribution in [-0.2, 0) is 6.54 Å². The third-order valence-electron chi connectivity index (χ3n) is 4.37. The van der Waals surface area contributed by atoms with Gasteiger partial charge in [-0.15, -0.1) is 0 Å². The van der Waals surface area contributed by atoms with E-state index in [-0.39, 0.29) is 0 Å². The number of fused-ring (bicyclic) bond motifs is 1. The first kappa shape index (κ1) is 14.0. The maximum Gasteiger partial charge on any atom is 0.248 e. The first-order chi connectivity index (χ1) is 11.2. The molecule has 1 aliphatic carbocycles. The molecule has 4 N–H and O–H groups in total.